The predicted octanol–water partition coefficient (Wildman–Crippen LogP) is 1.49. The molecule has 1 N–H and O–H groups in total. The van der Waals surface area contributed by atoms with Crippen LogP contribution in [0.15, 0.2) is 42.5 Å². The number of benzene rings is 2. The van der Waals surface area contributed by atoms with E-state index >= 15 is 0 Å². The summed E-state index contributed by atoms with van der Waals surface area (Å²) in [6.45, 7) is 0.914. The van der Waals surface area contributed by atoms with Crippen molar-refractivity contribution in [3.8, 4) is 0 Å². The Kier molecular flexibility index (Phi) is 3.88. The molecule has 3 rings (SSSR count). The highest BCUT2D eigenvalue weighted by Crippen LogP contribution is 2.22. The van der Waals surface area contributed by atoms with Crippen LogP contribution in [0.3, 0.4) is 0 Å². The molecule has 1 aliphatic heterocycles. The summed E-state index contributed by atoms with van der Waals surface area (Å²) in [6.07, 6.45) is 1.34. The lowest BCUT2D eigenvalue weighted by Crippen LogP contribution is -2.36. The summed E-state index contributed by atoms with van der Waals surface area (Å²) in [5, 5.41) is 2.26. The first-order valence-corrected chi connectivity index (χ1v) is 9.03. The zero-order valence-corrected chi connectivity index (χ0v) is 13.1. The molecule has 6 heteroatoms. The molecule has 2 aromatic rings. The SMILES string of the molecule is CS(=O)(=O)N[C@@H]1CC(=O)N(Cc2cccc3ccccc23)C1. The van der Waals surface area contributed by atoms with Gasteiger partial charge in [0.1, 0.15) is 0 Å². The van der Waals surface area contributed by atoms with Crippen molar-refractivity contribution in [2.75, 3.05) is 12.8 Å². The largest absolute Gasteiger partial charge is 0.337 e. The van der Waals surface area contributed by atoms with E-state index < -0.39 is 10.0 Å². The monoisotopic (exact) mass is 318 g/mol. The van der Waals surface area contributed by atoms with E-state index in [1.54, 1.807) is 4.90 Å². The molecule has 22 heavy (non-hydrogen) atoms. The van der Waals surface area contributed by atoms with Crippen molar-refractivity contribution < 1.29 is 13.2 Å². The van der Waals surface area contributed by atoms with Gasteiger partial charge in [-0.1, -0.05) is 42.5 Å². The number of hydrogen-bond acceptors (Lipinski definition) is 3. The van der Waals surface area contributed by atoms with Crippen LogP contribution in [0.25, 0.3) is 10.8 Å². The summed E-state index contributed by atoms with van der Waals surface area (Å²) in [5.41, 5.74) is 1.08. The molecule has 0 bridgehead atoms. The molecular formula is C16H18N2O3S. The number of amides is 1. The molecule has 1 amide bonds. The second kappa shape index (κ2) is 5.70. The number of hydrogen-bond donors (Lipinski definition) is 1. The third-order valence-corrected chi connectivity index (χ3v) is 4.60. The fraction of sp³-hybridized carbons (Fsp3) is 0.312. The van der Waals surface area contributed by atoms with Gasteiger partial charge in [-0.25, -0.2) is 13.1 Å². The van der Waals surface area contributed by atoms with Gasteiger partial charge in [0.05, 0.1) is 6.26 Å². The summed E-state index contributed by atoms with van der Waals surface area (Å²) >= 11 is 0. The van der Waals surface area contributed by atoms with E-state index in [0.29, 0.717) is 13.1 Å². The Hall–Kier alpha value is -1.92. The summed E-state index contributed by atoms with van der Waals surface area (Å²) in [6, 6.07) is 13.7. The number of carbonyl (C=O) groups is 1. The number of sulfonamides is 1. The molecule has 1 heterocycles. The van der Waals surface area contributed by atoms with Crippen molar-refractivity contribution in [3.05, 3.63) is 48.0 Å². The quantitative estimate of drug-likeness (QED) is 0.929. The maximum absolute atomic E-state index is 12.1. The minimum Gasteiger partial charge on any atom is -0.337 e. The van der Waals surface area contributed by atoms with Crippen LogP contribution >= 0.6 is 0 Å². The van der Waals surface area contributed by atoms with Gasteiger partial charge in [0.2, 0.25) is 15.9 Å². The van der Waals surface area contributed by atoms with E-state index in [9.17, 15) is 13.2 Å². The van der Waals surface area contributed by atoms with Crippen molar-refractivity contribution in [1.29, 1.82) is 0 Å². The van der Waals surface area contributed by atoms with Crippen LogP contribution in [0.1, 0.15) is 12.0 Å². The van der Waals surface area contributed by atoms with Crippen LogP contribution in [0.5, 0.6) is 0 Å². The number of rotatable bonds is 4. The summed E-state index contributed by atoms with van der Waals surface area (Å²) in [5.74, 6) is -0.0194. The highest BCUT2D eigenvalue weighted by atomic mass is 32.2. The molecule has 1 fully saturated rings. The predicted molar refractivity (Wildman–Crippen MR) is 85.7 cm³/mol. The third kappa shape index (κ3) is 3.28. The van der Waals surface area contributed by atoms with Gasteiger partial charge in [0.25, 0.3) is 0 Å². The van der Waals surface area contributed by atoms with Crippen molar-refractivity contribution in [1.82, 2.24) is 9.62 Å². The summed E-state index contributed by atoms with van der Waals surface area (Å²) in [7, 11) is -3.29. The summed E-state index contributed by atoms with van der Waals surface area (Å²) < 4.78 is 25.1. The fourth-order valence-electron chi connectivity index (χ4n) is 2.94. The van der Waals surface area contributed by atoms with Crippen LogP contribution in [0, 0.1) is 0 Å². The minimum atomic E-state index is -3.29. The molecule has 1 aliphatic rings. The molecular weight excluding hydrogens is 300 g/mol. The lowest BCUT2D eigenvalue weighted by molar-refractivity contribution is -0.128. The number of nitrogens with one attached hydrogen (secondary N) is 1. The van der Waals surface area contributed by atoms with E-state index in [4.69, 9.17) is 0 Å². The first-order valence-electron chi connectivity index (χ1n) is 7.14. The molecule has 0 aromatic heterocycles. The Labute approximate surface area is 130 Å². The van der Waals surface area contributed by atoms with Gasteiger partial charge in [0, 0.05) is 25.6 Å². The van der Waals surface area contributed by atoms with Gasteiger partial charge in [-0.3, -0.25) is 4.79 Å². The highest BCUT2D eigenvalue weighted by Gasteiger charge is 2.31. The molecule has 0 unspecified atom stereocenters. The zero-order chi connectivity index (χ0) is 15.7. The van der Waals surface area contributed by atoms with Crippen molar-refractivity contribution in [2.45, 2.75) is 19.0 Å². The Bertz CT molecular complexity index is 812. The number of carbonyl (C=O) groups excluding carboxylic acids is 1. The molecule has 0 aliphatic carbocycles. The topological polar surface area (TPSA) is 66.5 Å². The average molecular weight is 318 g/mol. The van der Waals surface area contributed by atoms with Gasteiger partial charge in [-0.2, -0.15) is 0 Å². The zero-order valence-electron chi connectivity index (χ0n) is 12.3. The van der Waals surface area contributed by atoms with Crippen molar-refractivity contribution >= 4 is 26.7 Å². The standard InChI is InChI=1S/C16H18N2O3S/c1-22(20,21)17-14-9-16(19)18(11-14)10-13-7-4-6-12-5-2-3-8-15(12)13/h2-8,14,17H,9-11H2,1H3/t14-/m1/s1. The van der Waals surface area contributed by atoms with Gasteiger partial charge in [-0.15, -0.1) is 0 Å². The number of nitrogens with zero attached hydrogens (tertiary/aromatic N) is 1. The van der Waals surface area contributed by atoms with Crippen molar-refractivity contribution in [2.24, 2.45) is 0 Å². The van der Waals surface area contributed by atoms with Crippen LogP contribution in [0.2, 0.25) is 0 Å². The van der Waals surface area contributed by atoms with Crippen molar-refractivity contribution in [3.63, 3.8) is 0 Å². The van der Waals surface area contributed by atoms with Gasteiger partial charge in [-0.05, 0) is 16.3 Å². The van der Waals surface area contributed by atoms with Crippen LogP contribution in [-0.2, 0) is 21.4 Å². The fourth-order valence-corrected chi connectivity index (χ4v) is 3.71. The lowest BCUT2D eigenvalue weighted by atomic mass is 10.0. The number of fused-ring (bicyclic) bond motifs is 1. The second-order valence-corrected chi connectivity index (χ2v) is 7.48. The van der Waals surface area contributed by atoms with E-state index in [1.165, 1.54) is 0 Å². The molecule has 0 saturated carbocycles. The molecule has 1 atom stereocenters. The smallest absolute Gasteiger partial charge is 0.224 e. The molecule has 1 saturated heterocycles. The van der Waals surface area contributed by atoms with E-state index in [2.05, 4.69) is 4.72 Å². The molecule has 116 valence electrons. The lowest BCUT2D eigenvalue weighted by Gasteiger charge is -2.18. The normalized spacial score (nSPS) is 19.0. The van der Waals surface area contributed by atoms with Crippen LogP contribution in [-0.4, -0.2) is 38.1 Å². The Morgan fingerprint density at radius 2 is 1.91 bits per heavy atom. The molecule has 0 radical (unpaired) electrons. The Morgan fingerprint density at radius 1 is 1.18 bits per heavy atom. The Balaban J connectivity index is 1.79. The maximum atomic E-state index is 12.1. The van der Waals surface area contributed by atoms with Gasteiger partial charge in [0.15, 0.2) is 0 Å². The average Bonchev–Trinajstić information content (AvgIpc) is 2.77. The first kappa shape index (κ1) is 15.0. The minimum absolute atomic E-state index is 0.0194. The second-order valence-electron chi connectivity index (χ2n) is 5.70. The Morgan fingerprint density at radius 3 is 2.68 bits per heavy atom. The van der Waals surface area contributed by atoms with Crippen LogP contribution in [0.4, 0.5) is 0 Å². The molecule has 2 aromatic carbocycles. The maximum Gasteiger partial charge on any atom is 0.224 e. The number of likely N-dealkylation sites (tertiary alicyclic amines) is 1. The van der Waals surface area contributed by atoms with Gasteiger partial charge < -0.3 is 4.90 Å². The summed E-state index contributed by atoms with van der Waals surface area (Å²) in [4.78, 5) is 13.8. The molecule has 0 spiro atoms. The third-order valence-electron chi connectivity index (χ3n) is 3.84. The van der Waals surface area contributed by atoms with Crippen LogP contribution < -0.4 is 4.72 Å². The molecule has 5 nitrogen and oxygen atoms in total. The van der Waals surface area contributed by atoms with E-state index in [1.807, 2.05) is 42.5 Å². The van der Waals surface area contributed by atoms with E-state index in [-0.39, 0.29) is 18.4 Å². The highest BCUT2D eigenvalue weighted by molar-refractivity contribution is 7.88. The van der Waals surface area contributed by atoms with E-state index in [0.717, 1.165) is 22.6 Å². The van der Waals surface area contributed by atoms with Gasteiger partial charge >= 0.3 is 0 Å². The first-order chi connectivity index (χ1) is 10.4.